The summed E-state index contributed by atoms with van der Waals surface area (Å²) in [6.07, 6.45) is -0.414. The zero-order valence-corrected chi connectivity index (χ0v) is 25.6. The number of aromatic hydroxyl groups is 1. The average Bonchev–Trinajstić information content (AvgIpc) is 2.73. The topological polar surface area (TPSA) is 101 Å². The van der Waals surface area contributed by atoms with Gasteiger partial charge < -0.3 is 19.3 Å². The van der Waals surface area contributed by atoms with E-state index in [9.17, 15) is 14.7 Å². The van der Waals surface area contributed by atoms with Gasteiger partial charge in [-0.25, -0.2) is 14.6 Å². The first-order chi connectivity index (χ1) is 17.1. The highest BCUT2D eigenvalue weighted by Gasteiger charge is 2.27. The van der Waals surface area contributed by atoms with Crippen LogP contribution in [0.3, 0.4) is 0 Å². The van der Waals surface area contributed by atoms with Gasteiger partial charge in [0, 0.05) is 12.8 Å². The molecule has 0 radical (unpaired) electrons. The highest BCUT2D eigenvalue weighted by Crippen LogP contribution is 2.40. The van der Waals surface area contributed by atoms with Gasteiger partial charge in [0.15, 0.2) is 0 Å². The molecule has 0 fully saturated rings. The third-order valence-corrected chi connectivity index (χ3v) is 5.61. The van der Waals surface area contributed by atoms with Crippen LogP contribution in [0.1, 0.15) is 113 Å². The Morgan fingerprint density at radius 1 is 0.842 bits per heavy atom. The Hall–Kier alpha value is -2.32. The maximum absolute atomic E-state index is 12.4. The smallest absolute Gasteiger partial charge is 0.507 e. The molecule has 0 aromatic heterocycles. The number of esters is 1. The van der Waals surface area contributed by atoms with Crippen LogP contribution in [0, 0.1) is 0 Å². The Morgan fingerprint density at radius 2 is 1.37 bits per heavy atom. The van der Waals surface area contributed by atoms with Gasteiger partial charge in [-0.3, -0.25) is 4.79 Å². The number of hydrogen-bond acceptors (Lipinski definition) is 8. The van der Waals surface area contributed by atoms with E-state index in [0.29, 0.717) is 18.6 Å². The Morgan fingerprint density at radius 3 is 1.84 bits per heavy atom. The molecule has 0 amide bonds. The molecule has 0 saturated carbocycles. The molecular weight excluding hydrogens is 488 g/mol. The minimum absolute atomic E-state index is 0.0905. The lowest BCUT2D eigenvalue weighted by Gasteiger charge is -2.28. The van der Waals surface area contributed by atoms with Crippen molar-refractivity contribution in [1.82, 2.24) is 0 Å². The molecule has 218 valence electrons. The van der Waals surface area contributed by atoms with E-state index < -0.39 is 29.4 Å². The maximum atomic E-state index is 12.4. The molecule has 0 heterocycles. The molecule has 1 N–H and O–H groups in total. The lowest BCUT2D eigenvalue weighted by atomic mass is 9.78. The van der Waals surface area contributed by atoms with Gasteiger partial charge in [-0.05, 0) is 75.5 Å². The van der Waals surface area contributed by atoms with Crippen LogP contribution in [0.2, 0.25) is 0 Å². The molecule has 1 rings (SSSR count). The van der Waals surface area contributed by atoms with Crippen LogP contribution in [0.4, 0.5) is 4.79 Å². The third-order valence-electron chi connectivity index (χ3n) is 5.61. The molecule has 0 aliphatic carbocycles. The third kappa shape index (κ3) is 12.5. The average molecular weight is 539 g/mol. The quantitative estimate of drug-likeness (QED) is 0.184. The number of rotatable bonds is 11. The first-order valence-electron chi connectivity index (χ1n) is 13.3. The van der Waals surface area contributed by atoms with Gasteiger partial charge >= 0.3 is 12.1 Å². The predicted molar refractivity (Wildman–Crippen MR) is 147 cm³/mol. The molecular formula is C30H50O8. The summed E-state index contributed by atoms with van der Waals surface area (Å²) in [4.78, 5) is 35.1. The monoisotopic (exact) mass is 538 g/mol. The van der Waals surface area contributed by atoms with Crippen molar-refractivity contribution < 1.29 is 38.7 Å². The van der Waals surface area contributed by atoms with Gasteiger partial charge in [0.25, 0.3) is 0 Å². The summed E-state index contributed by atoms with van der Waals surface area (Å²) >= 11 is 0. The highest BCUT2D eigenvalue weighted by molar-refractivity contribution is 5.70. The van der Waals surface area contributed by atoms with Crippen LogP contribution in [-0.4, -0.2) is 47.8 Å². The van der Waals surface area contributed by atoms with Crippen LogP contribution >= 0.6 is 0 Å². The number of phenolic OH excluding ortho intramolecular Hbond substituents is 1. The van der Waals surface area contributed by atoms with Crippen molar-refractivity contribution in [3.8, 4) is 5.75 Å². The molecule has 1 atom stereocenters. The van der Waals surface area contributed by atoms with Crippen molar-refractivity contribution >= 4 is 12.1 Å². The molecule has 8 nitrogen and oxygen atoms in total. The first-order valence-corrected chi connectivity index (χ1v) is 13.3. The molecule has 1 unspecified atom stereocenters. The Bertz CT molecular complexity index is 894. The molecule has 38 heavy (non-hydrogen) atoms. The predicted octanol–water partition coefficient (Wildman–Crippen LogP) is 6.92. The van der Waals surface area contributed by atoms with Crippen LogP contribution < -0.4 is 0 Å². The van der Waals surface area contributed by atoms with Gasteiger partial charge in [0.05, 0.1) is 12.2 Å². The summed E-state index contributed by atoms with van der Waals surface area (Å²) in [6, 6.07) is 3.92. The number of carbonyl (C=O) groups is 2. The fourth-order valence-corrected chi connectivity index (χ4v) is 3.43. The number of phenols is 1. The molecule has 1 aromatic carbocycles. The fourth-order valence-electron chi connectivity index (χ4n) is 3.43. The van der Waals surface area contributed by atoms with Crippen LogP contribution in [0.25, 0.3) is 0 Å². The second kappa shape index (κ2) is 13.2. The fraction of sp³-hybridized carbons (Fsp3) is 0.733. The Labute approximate surface area is 229 Å². The molecule has 1 aromatic rings. The number of ether oxygens (including phenoxy) is 3. The summed E-state index contributed by atoms with van der Waals surface area (Å²) in [5.41, 5.74) is 1.08. The van der Waals surface area contributed by atoms with Crippen LogP contribution in [-0.2, 0) is 46.0 Å². The van der Waals surface area contributed by atoms with Crippen molar-refractivity contribution in [3.63, 3.8) is 0 Å². The largest absolute Gasteiger partial charge is 0.508 e. The summed E-state index contributed by atoms with van der Waals surface area (Å²) in [6.45, 7) is 23.2. The van der Waals surface area contributed by atoms with Crippen molar-refractivity contribution in [2.75, 3.05) is 13.2 Å². The van der Waals surface area contributed by atoms with E-state index in [2.05, 4.69) is 41.5 Å². The van der Waals surface area contributed by atoms with Crippen LogP contribution in [0.15, 0.2) is 12.1 Å². The van der Waals surface area contributed by atoms with Gasteiger partial charge in [-0.15, -0.1) is 0 Å². The van der Waals surface area contributed by atoms with E-state index in [1.165, 1.54) is 0 Å². The molecule has 0 aliphatic heterocycles. The van der Waals surface area contributed by atoms with E-state index in [4.69, 9.17) is 24.0 Å². The van der Waals surface area contributed by atoms with Gasteiger partial charge in [0.1, 0.15) is 24.1 Å². The van der Waals surface area contributed by atoms with Gasteiger partial charge in [0.2, 0.25) is 0 Å². The Balaban J connectivity index is 2.54. The maximum Gasteiger partial charge on any atom is 0.508 e. The summed E-state index contributed by atoms with van der Waals surface area (Å²) < 4.78 is 15.6. The summed E-state index contributed by atoms with van der Waals surface area (Å²) in [5, 5.41) is 10.9. The zero-order chi connectivity index (χ0) is 29.5. The van der Waals surface area contributed by atoms with Crippen molar-refractivity contribution in [3.05, 3.63) is 28.8 Å². The SMILES string of the molecule is CC(COC(=O)OCCC(C)(C)OOC(C)(C)C)OC(=O)CCc1cc(C(C)(C)C)c(O)c(C(C)(C)C)c1. The van der Waals surface area contributed by atoms with Crippen molar-refractivity contribution in [2.24, 2.45) is 0 Å². The molecule has 0 spiro atoms. The van der Waals surface area contributed by atoms with Crippen molar-refractivity contribution in [1.29, 1.82) is 0 Å². The van der Waals surface area contributed by atoms with E-state index in [0.717, 1.165) is 16.7 Å². The van der Waals surface area contributed by atoms with Crippen LogP contribution in [0.5, 0.6) is 5.75 Å². The summed E-state index contributed by atoms with van der Waals surface area (Å²) in [5.74, 6) is -0.0850. The van der Waals surface area contributed by atoms with Crippen molar-refractivity contribution in [2.45, 2.75) is 130 Å². The zero-order valence-electron chi connectivity index (χ0n) is 25.6. The molecule has 0 aliphatic rings. The minimum Gasteiger partial charge on any atom is -0.507 e. The molecule has 0 bridgehead atoms. The van der Waals surface area contributed by atoms with Gasteiger partial charge in [-0.1, -0.05) is 53.7 Å². The molecule has 8 heteroatoms. The van der Waals surface area contributed by atoms with E-state index >= 15 is 0 Å². The number of carbonyl (C=O) groups excluding carboxylic acids is 2. The molecule has 0 saturated heterocycles. The summed E-state index contributed by atoms with van der Waals surface area (Å²) in [7, 11) is 0. The minimum atomic E-state index is -0.839. The number of benzene rings is 1. The Kier molecular flexibility index (Phi) is 11.7. The second-order valence-corrected chi connectivity index (χ2v) is 13.5. The van der Waals surface area contributed by atoms with Gasteiger partial charge in [-0.2, -0.15) is 0 Å². The number of aryl methyl sites for hydroxylation is 1. The normalized spacial score (nSPS) is 13.7. The lowest BCUT2D eigenvalue weighted by molar-refractivity contribution is -0.398. The number of hydrogen-bond donors (Lipinski definition) is 1. The van der Waals surface area contributed by atoms with E-state index in [1.54, 1.807) is 6.92 Å². The highest BCUT2D eigenvalue weighted by atomic mass is 17.2. The van der Waals surface area contributed by atoms with E-state index in [1.807, 2.05) is 46.8 Å². The standard InChI is InChI=1S/C30H50O8/c1-20(19-35-26(33)34-16-15-30(11,12)38-37-29(8,9)10)36-24(31)14-13-21-17-22(27(2,3)4)25(32)23(18-21)28(5,6)7/h17-18,20,32H,13-16,19H2,1-12H3. The second-order valence-electron chi connectivity index (χ2n) is 13.5. The van der Waals surface area contributed by atoms with E-state index in [-0.39, 0.29) is 30.5 Å². The first kappa shape index (κ1) is 33.7. The lowest BCUT2D eigenvalue weighted by Crippen LogP contribution is -2.32.